The monoisotopic (exact) mass is 177 g/mol. The Kier molecular flexibility index (Phi) is 2.90. The fourth-order valence-electron chi connectivity index (χ4n) is 1.13. The van der Waals surface area contributed by atoms with Gasteiger partial charge in [0.2, 0.25) is 0 Å². The van der Waals surface area contributed by atoms with E-state index in [0.29, 0.717) is 6.54 Å². The first-order chi connectivity index (χ1) is 6.11. The lowest BCUT2D eigenvalue weighted by Crippen LogP contribution is -2.32. The summed E-state index contributed by atoms with van der Waals surface area (Å²) in [6.45, 7) is 2.76. The Hall–Kier alpha value is -1.51. The highest BCUT2D eigenvalue weighted by Gasteiger charge is 2.02. The summed E-state index contributed by atoms with van der Waals surface area (Å²) in [5.74, 6) is 0.100. The summed E-state index contributed by atoms with van der Waals surface area (Å²) >= 11 is 0. The average molecular weight is 177 g/mol. The van der Waals surface area contributed by atoms with E-state index in [0.717, 1.165) is 0 Å². The van der Waals surface area contributed by atoms with Gasteiger partial charge in [-0.1, -0.05) is 24.3 Å². The molecule has 0 saturated carbocycles. The quantitative estimate of drug-likeness (QED) is 0.529. The molecule has 0 atom stereocenters. The molecule has 1 aromatic rings. The molecule has 0 aliphatic rings. The molecule has 0 aliphatic carbocycles. The van der Waals surface area contributed by atoms with Gasteiger partial charge in [-0.3, -0.25) is 5.41 Å². The van der Waals surface area contributed by atoms with Crippen molar-refractivity contribution in [2.45, 2.75) is 13.5 Å². The van der Waals surface area contributed by atoms with Crippen LogP contribution in [0, 0.1) is 12.3 Å². The van der Waals surface area contributed by atoms with Crippen LogP contribution in [0.15, 0.2) is 24.3 Å². The van der Waals surface area contributed by atoms with E-state index in [2.05, 4.69) is 19.1 Å². The molecule has 0 aliphatic heterocycles. The molecule has 0 radical (unpaired) electrons. The highest BCUT2D eigenvalue weighted by Crippen LogP contribution is 2.08. The Morgan fingerprint density at radius 2 is 2.08 bits per heavy atom. The summed E-state index contributed by atoms with van der Waals surface area (Å²) in [5, 5.41) is 7.22. The zero-order valence-corrected chi connectivity index (χ0v) is 8.04. The van der Waals surface area contributed by atoms with Gasteiger partial charge in [0, 0.05) is 13.6 Å². The molecule has 0 saturated heterocycles. The van der Waals surface area contributed by atoms with Crippen LogP contribution in [-0.4, -0.2) is 17.9 Å². The van der Waals surface area contributed by atoms with Crippen LogP contribution in [0.1, 0.15) is 11.1 Å². The minimum Gasteiger partial charge on any atom is -0.370 e. The van der Waals surface area contributed by atoms with Crippen LogP contribution < -0.4 is 5.73 Å². The van der Waals surface area contributed by atoms with Crippen molar-refractivity contribution in [3.8, 4) is 0 Å². The molecule has 3 N–H and O–H groups in total. The Balaban J connectivity index is 2.74. The molecule has 0 bridgehead atoms. The van der Waals surface area contributed by atoms with Crippen LogP contribution in [0.2, 0.25) is 0 Å². The Bertz CT molecular complexity index is 307. The van der Waals surface area contributed by atoms with Crippen molar-refractivity contribution in [2.24, 2.45) is 5.73 Å². The van der Waals surface area contributed by atoms with Gasteiger partial charge in [0.1, 0.15) is 0 Å². The minimum absolute atomic E-state index is 0.100. The number of hydrogen-bond donors (Lipinski definition) is 2. The lowest BCUT2D eigenvalue weighted by Gasteiger charge is -2.17. The predicted molar refractivity (Wildman–Crippen MR) is 54.6 cm³/mol. The summed E-state index contributed by atoms with van der Waals surface area (Å²) in [6.07, 6.45) is 0. The molecule has 3 heteroatoms. The van der Waals surface area contributed by atoms with E-state index in [1.54, 1.807) is 4.90 Å². The van der Waals surface area contributed by atoms with Crippen molar-refractivity contribution >= 4 is 5.96 Å². The maximum absolute atomic E-state index is 7.22. The third-order valence-electron chi connectivity index (χ3n) is 2.08. The van der Waals surface area contributed by atoms with E-state index in [4.69, 9.17) is 11.1 Å². The van der Waals surface area contributed by atoms with Gasteiger partial charge in [-0.15, -0.1) is 0 Å². The standard InChI is InChI=1S/C10H15N3/c1-8-5-3-4-6-9(8)7-13(2)10(11)12/h3-6H,7H2,1-2H3,(H3,11,12). The van der Waals surface area contributed by atoms with Gasteiger partial charge < -0.3 is 10.6 Å². The molecule has 0 amide bonds. The summed E-state index contributed by atoms with van der Waals surface area (Å²) in [7, 11) is 1.81. The first-order valence-corrected chi connectivity index (χ1v) is 4.21. The normalized spacial score (nSPS) is 9.69. The van der Waals surface area contributed by atoms with E-state index < -0.39 is 0 Å². The molecule has 1 rings (SSSR count). The highest BCUT2D eigenvalue weighted by atomic mass is 15.2. The van der Waals surface area contributed by atoms with E-state index in [-0.39, 0.29) is 5.96 Å². The molecule has 1 aromatic carbocycles. The van der Waals surface area contributed by atoms with Crippen LogP contribution in [0.25, 0.3) is 0 Å². The number of guanidine groups is 1. The molecule has 0 spiro atoms. The van der Waals surface area contributed by atoms with Crippen molar-refractivity contribution in [3.05, 3.63) is 35.4 Å². The summed E-state index contributed by atoms with van der Waals surface area (Å²) in [4.78, 5) is 1.71. The summed E-state index contributed by atoms with van der Waals surface area (Å²) in [5.41, 5.74) is 7.78. The molecular weight excluding hydrogens is 162 g/mol. The third-order valence-corrected chi connectivity index (χ3v) is 2.08. The van der Waals surface area contributed by atoms with Gasteiger partial charge in [0.15, 0.2) is 5.96 Å². The fraction of sp³-hybridized carbons (Fsp3) is 0.300. The number of benzene rings is 1. The van der Waals surface area contributed by atoms with E-state index >= 15 is 0 Å². The summed E-state index contributed by atoms with van der Waals surface area (Å²) in [6, 6.07) is 8.11. The fourth-order valence-corrected chi connectivity index (χ4v) is 1.13. The Labute approximate surface area is 78.7 Å². The van der Waals surface area contributed by atoms with Gasteiger partial charge in [-0.2, -0.15) is 0 Å². The topological polar surface area (TPSA) is 53.1 Å². The van der Waals surface area contributed by atoms with Crippen LogP contribution in [0.3, 0.4) is 0 Å². The number of hydrogen-bond acceptors (Lipinski definition) is 1. The number of rotatable bonds is 2. The van der Waals surface area contributed by atoms with Crippen LogP contribution in [-0.2, 0) is 6.54 Å². The average Bonchev–Trinajstić information content (AvgIpc) is 2.08. The lowest BCUT2D eigenvalue weighted by atomic mass is 10.1. The number of nitrogens with zero attached hydrogens (tertiary/aromatic N) is 1. The number of nitrogens with one attached hydrogen (secondary N) is 1. The predicted octanol–water partition coefficient (Wildman–Crippen LogP) is 1.32. The molecule has 0 aromatic heterocycles. The van der Waals surface area contributed by atoms with Gasteiger partial charge in [-0.05, 0) is 18.1 Å². The Morgan fingerprint density at radius 3 is 2.62 bits per heavy atom. The van der Waals surface area contributed by atoms with Crippen LogP contribution in [0.5, 0.6) is 0 Å². The maximum Gasteiger partial charge on any atom is 0.188 e. The minimum atomic E-state index is 0.100. The van der Waals surface area contributed by atoms with Gasteiger partial charge >= 0.3 is 0 Å². The zero-order valence-electron chi connectivity index (χ0n) is 8.04. The second-order valence-corrected chi connectivity index (χ2v) is 3.17. The SMILES string of the molecule is Cc1ccccc1CN(C)C(=N)N. The van der Waals surface area contributed by atoms with Crippen molar-refractivity contribution in [2.75, 3.05) is 7.05 Å². The first-order valence-electron chi connectivity index (χ1n) is 4.21. The molecule has 0 heterocycles. The van der Waals surface area contributed by atoms with Gasteiger partial charge in [-0.25, -0.2) is 0 Å². The zero-order chi connectivity index (χ0) is 9.84. The van der Waals surface area contributed by atoms with Crippen molar-refractivity contribution < 1.29 is 0 Å². The molecule has 70 valence electrons. The molecule has 0 fully saturated rings. The number of aryl methyl sites for hydroxylation is 1. The van der Waals surface area contributed by atoms with E-state index in [1.807, 2.05) is 19.2 Å². The second-order valence-electron chi connectivity index (χ2n) is 3.17. The lowest BCUT2D eigenvalue weighted by molar-refractivity contribution is 0.490. The van der Waals surface area contributed by atoms with Crippen molar-refractivity contribution in [3.63, 3.8) is 0 Å². The van der Waals surface area contributed by atoms with Gasteiger partial charge in [0.05, 0.1) is 0 Å². The van der Waals surface area contributed by atoms with E-state index in [9.17, 15) is 0 Å². The molecule has 13 heavy (non-hydrogen) atoms. The second kappa shape index (κ2) is 3.94. The number of nitrogens with two attached hydrogens (primary N) is 1. The van der Waals surface area contributed by atoms with Crippen LogP contribution >= 0.6 is 0 Å². The van der Waals surface area contributed by atoms with E-state index in [1.165, 1.54) is 11.1 Å². The maximum atomic E-state index is 7.22. The summed E-state index contributed by atoms with van der Waals surface area (Å²) < 4.78 is 0. The molecular formula is C10H15N3. The largest absolute Gasteiger partial charge is 0.370 e. The van der Waals surface area contributed by atoms with Crippen molar-refractivity contribution in [1.82, 2.24) is 4.90 Å². The highest BCUT2D eigenvalue weighted by molar-refractivity contribution is 5.74. The Morgan fingerprint density at radius 1 is 1.46 bits per heavy atom. The van der Waals surface area contributed by atoms with Crippen molar-refractivity contribution in [1.29, 1.82) is 5.41 Å². The van der Waals surface area contributed by atoms with Gasteiger partial charge in [0.25, 0.3) is 0 Å². The third kappa shape index (κ3) is 2.47. The first kappa shape index (κ1) is 9.58. The molecule has 0 unspecified atom stereocenters. The van der Waals surface area contributed by atoms with Crippen LogP contribution in [0.4, 0.5) is 0 Å². The smallest absolute Gasteiger partial charge is 0.188 e. The molecule has 3 nitrogen and oxygen atoms in total.